The summed E-state index contributed by atoms with van der Waals surface area (Å²) in [4.78, 5) is 0. The zero-order chi connectivity index (χ0) is 13.1. The lowest BCUT2D eigenvalue weighted by Gasteiger charge is -2.20. The third-order valence-electron chi connectivity index (χ3n) is 2.95. The van der Waals surface area contributed by atoms with Gasteiger partial charge in [-0.3, -0.25) is 0 Å². The van der Waals surface area contributed by atoms with Crippen molar-refractivity contribution in [2.75, 3.05) is 26.9 Å². The third kappa shape index (κ3) is 2.35. The number of aliphatic hydroxyl groups excluding tert-OH is 1. The Hall–Kier alpha value is -1.13. The van der Waals surface area contributed by atoms with Crippen molar-refractivity contribution in [1.29, 1.82) is 0 Å². The Kier molecular flexibility index (Phi) is 4.19. The van der Waals surface area contributed by atoms with Crippen molar-refractivity contribution in [3.05, 3.63) is 16.7 Å². The summed E-state index contributed by atoms with van der Waals surface area (Å²) >= 11 is 6.18. The fourth-order valence-electron chi connectivity index (χ4n) is 2.03. The highest BCUT2D eigenvalue weighted by atomic mass is 35.5. The molecule has 0 fully saturated rings. The summed E-state index contributed by atoms with van der Waals surface area (Å²) in [6.07, 6.45) is 0.821. The average molecular weight is 273 g/mol. The molecule has 1 heterocycles. The van der Waals surface area contributed by atoms with Crippen LogP contribution in [-0.2, 0) is 0 Å². The van der Waals surface area contributed by atoms with E-state index in [-0.39, 0.29) is 12.5 Å². The lowest BCUT2D eigenvalue weighted by Crippen LogP contribution is -2.07. The molecule has 0 saturated heterocycles. The molecule has 5 heteroatoms. The van der Waals surface area contributed by atoms with Crippen LogP contribution >= 0.6 is 11.6 Å². The minimum Gasteiger partial charge on any atom is -0.495 e. The van der Waals surface area contributed by atoms with E-state index in [1.165, 1.54) is 0 Å². The van der Waals surface area contributed by atoms with Crippen LogP contribution in [0.15, 0.2) is 6.07 Å². The van der Waals surface area contributed by atoms with Crippen molar-refractivity contribution >= 4 is 11.6 Å². The summed E-state index contributed by atoms with van der Waals surface area (Å²) in [5.74, 6) is 1.67. The standard InChI is InChI=1S/C13H17ClO4/c1-8(7-15)11-12(16-2)9(14)6-10-13(11)18-5-3-4-17-10/h6,8,15H,3-5,7H2,1-2H3. The Morgan fingerprint density at radius 2 is 2.17 bits per heavy atom. The lowest BCUT2D eigenvalue weighted by molar-refractivity contribution is 0.261. The van der Waals surface area contributed by atoms with Crippen LogP contribution in [-0.4, -0.2) is 32.0 Å². The number of methoxy groups -OCH3 is 1. The maximum absolute atomic E-state index is 9.38. The maximum Gasteiger partial charge on any atom is 0.168 e. The van der Waals surface area contributed by atoms with E-state index in [0.29, 0.717) is 35.5 Å². The number of hydrogen-bond acceptors (Lipinski definition) is 4. The van der Waals surface area contributed by atoms with Crippen LogP contribution in [0.3, 0.4) is 0 Å². The minimum atomic E-state index is -0.130. The highest BCUT2D eigenvalue weighted by molar-refractivity contribution is 6.32. The Labute approximate surface area is 111 Å². The van der Waals surface area contributed by atoms with Gasteiger partial charge in [-0.25, -0.2) is 0 Å². The molecule has 1 unspecified atom stereocenters. The van der Waals surface area contributed by atoms with E-state index in [1.807, 2.05) is 6.92 Å². The number of halogens is 1. The van der Waals surface area contributed by atoms with Gasteiger partial charge < -0.3 is 19.3 Å². The highest BCUT2D eigenvalue weighted by Crippen LogP contribution is 2.47. The quantitative estimate of drug-likeness (QED) is 0.919. The summed E-state index contributed by atoms with van der Waals surface area (Å²) in [5, 5.41) is 9.85. The monoisotopic (exact) mass is 272 g/mol. The Bertz CT molecular complexity index is 433. The molecular formula is C13H17ClO4. The van der Waals surface area contributed by atoms with Crippen molar-refractivity contribution in [2.45, 2.75) is 19.3 Å². The summed E-state index contributed by atoms with van der Waals surface area (Å²) in [7, 11) is 1.55. The lowest BCUT2D eigenvalue weighted by atomic mass is 9.99. The summed E-state index contributed by atoms with van der Waals surface area (Å²) in [6.45, 7) is 3.07. The van der Waals surface area contributed by atoms with E-state index in [0.717, 1.165) is 12.0 Å². The second kappa shape index (κ2) is 5.67. The topological polar surface area (TPSA) is 47.9 Å². The first-order chi connectivity index (χ1) is 8.69. The van der Waals surface area contributed by atoms with Crippen LogP contribution in [0.1, 0.15) is 24.8 Å². The van der Waals surface area contributed by atoms with E-state index in [9.17, 15) is 5.11 Å². The number of ether oxygens (including phenoxy) is 3. The predicted octanol–water partition coefficient (Wildman–Crippen LogP) is 2.61. The summed E-state index contributed by atoms with van der Waals surface area (Å²) in [5.41, 5.74) is 0.768. The molecule has 4 nitrogen and oxygen atoms in total. The van der Waals surface area contributed by atoms with E-state index in [2.05, 4.69) is 0 Å². The number of rotatable bonds is 3. The van der Waals surface area contributed by atoms with Gasteiger partial charge in [-0.2, -0.15) is 0 Å². The van der Waals surface area contributed by atoms with Gasteiger partial charge in [0.25, 0.3) is 0 Å². The van der Waals surface area contributed by atoms with Crippen molar-refractivity contribution in [3.63, 3.8) is 0 Å². The molecule has 1 aromatic carbocycles. The van der Waals surface area contributed by atoms with Crippen LogP contribution < -0.4 is 14.2 Å². The van der Waals surface area contributed by atoms with Crippen molar-refractivity contribution in [1.82, 2.24) is 0 Å². The van der Waals surface area contributed by atoms with Crippen LogP contribution in [0.25, 0.3) is 0 Å². The molecule has 1 atom stereocenters. The second-order valence-electron chi connectivity index (χ2n) is 4.27. The molecular weight excluding hydrogens is 256 g/mol. The number of aliphatic hydroxyl groups is 1. The Balaban J connectivity index is 2.60. The van der Waals surface area contributed by atoms with Crippen LogP contribution in [0, 0.1) is 0 Å². The van der Waals surface area contributed by atoms with Crippen molar-refractivity contribution < 1.29 is 19.3 Å². The minimum absolute atomic E-state index is 0.00744. The number of hydrogen-bond donors (Lipinski definition) is 1. The molecule has 18 heavy (non-hydrogen) atoms. The first-order valence-electron chi connectivity index (χ1n) is 5.95. The first kappa shape index (κ1) is 13.3. The maximum atomic E-state index is 9.38. The van der Waals surface area contributed by atoms with Gasteiger partial charge in [0.05, 0.1) is 25.3 Å². The van der Waals surface area contributed by atoms with Crippen LogP contribution in [0.2, 0.25) is 5.02 Å². The summed E-state index contributed by atoms with van der Waals surface area (Å²) < 4.78 is 16.7. The SMILES string of the molecule is COc1c(Cl)cc2c(c1C(C)CO)OCCCO2. The largest absolute Gasteiger partial charge is 0.495 e. The first-order valence-corrected chi connectivity index (χ1v) is 6.33. The molecule has 0 radical (unpaired) electrons. The molecule has 0 aliphatic carbocycles. The molecule has 1 aromatic rings. The van der Waals surface area contributed by atoms with Gasteiger partial charge >= 0.3 is 0 Å². The second-order valence-corrected chi connectivity index (χ2v) is 4.67. The van der Waals surface area contributed by atoms with E-state index >= 15 is 0 Å². The van der Waals surface area contributed by atoms with Gasteiger partial charge in [-0.05, 0) is 0 Å². The van der Waals surface area contributed by atoms with E-state index < -0.39 is 0 Å². The molecule has 1 N–H and O–H groups in total. The van der Waals surface area contributed by atoms with Gasteiger partial charge in [0.2, 0.25) is 0 Å². The van der Waals surface area contributed by atoms with Gasteiger partial charge in [0, 0.05) is 30.6 Å². The van der Waals surface area contributed by atoms with Gasteiger partial charge in [0.15, 0.2) is 11.5 Å². The molecule has 0 aromatic heterocycles. The van der Waals surface area contributed by atoms with Crippen molar-refractivity contribution in [2.24, 2.45) is 0 Å². The predicted molar refractivity (Wildman–Crippen MR) is 69.1 cm³/mol. The van der Waals surface area contributed by atoms with Crippen molar-refractivity contribution in [3.8, 4) is 17.2 Å². The normalized spacial score (nSPS) is 16.0. The molecule has 0 amide bonds. The highest BCUT2D eigenvalue weighted by Gasteiger charge is 2.25. The van der Waals surface area contributed by atoms with Crippen LogP contribution in [0.5, 0.6) is 17.2 Å². The van der Waals surface area contributed by atoms with Gasteiger partial charge in [0.1, 0.15) is 5.75 Å². The Morgan fingerprint density at radius 3 is 2.83 bits per heavy atom. The molecule has 1 aliphatic heterocycles. The summed E-state index contributed by atoms with van der Waals surface area (Å²) in [6, 6.07) is 1.70. The molecule has 0 bridgehead atoms. The molecule has 100 valence electrons. The molecule has 0 saturated carbocycles. The van der Waals surface area contributed by atoms with Crippen LogP contribution in [0.4, 0.5) is 0 Å². The van der Waals surface area contributed by atoms with Gasteiger partial charge in [-0.15, -0.1) is 0 Å². The molecule has 0 spiro atoms. The third-order valence-corrected chi connectivity index (χ3v) is 3.23. The Morgan fingerprint density at radius 1 is 1.44 bits per heavy atom. The van der Waals surface area contributed by atoms with Gasteiger partial charge in [-0.1, -0.05) is 18.5 Å². The molecule has 2 rings (SSSR count). The van der Waals surface area contributed by atoms with E-state index in [1.54, 1.807) is 13.2 Å². The smallest absolute Gasteiger partial charge is 0.168 e. The fraction of sp³-hybridized carbons (Fsp3) is 0.538. The van der Waals surface area contributed by atoms with E-state index in [4.69, 9.17) is 25.8 Å². The fourth-order valence-corrected chi connectivity index (χ4v) is 2.31. The zero-order valence-corrected chi connectivity index (χ0v) is 11.3. The zero-order valence-electron chi connectivity index (χ0n) is 10.5. The average Bonchev–Trinajstić information content (AvgIpc) is 2.61. The number of benzene rings is 1. The number of fused-ring (bicyclic) bond motifs is 1. The molecule has 1 aliphatic rings.